The van der Waals surface area contributed by atoms with Crippen LogP contribution in [0.1, 0.15) is 16.7 Å². The standard InChI is InChI=1S/C27H23BrN6O2/c1-32-24-23(25(35)34(27(32)36)18-21-10-6-3-7-11-21)33(17-20-8-4-2-5-9-20)26(30-24)31-29-16-19-12-14-22(28)15-13-19/h2-16H,17-18H2,1H3,(H,30,31)/b29-16+. The second-order valence-corrected chi connectivity index (χ2v) is 9.24. The van der Waals surface area contributed by atoms with Crippen molar-refractivity contribution in [1.82, 2.24) is 18.7 Å². The summed E-state index contributed by atoms with van der Waals surface area (Å²) in [4.78, 5) is 31.4. The molecule has 0 amide bonds. The number of halogens is 1. The molecule has 1 N–H and O–H groups in total. The van der Waals surface area contributed by atoms with Crippen molar-refractivity contribution in [2.24, 2.45) is 12.1 Å². The van der Waals surface area contributed by atoms with Crippen molar-refractivity contribution in [1.29, 1.82) is 0 Å². The third-order valence-electron chi connectivity index (χ3n) is 5.85. The summed E-state index contributed by atoms with van der Waals surface area (Å²) in [5.41, 5.74) is 5.53. The molecule has 0 aliphatic heterocycles. The van der Waals surface area contributed by atoms with Crippen LogP contribution in [0.4, 0.5) is 5.95 Å². The van der Waals surface area contributed by atoms with Crippen LogP contribution >= 0.6 is 15.9 Å². The largest absolute Gasteiger partial charge is 0.332 e. The molecule has 9 heteroatoms. The Morgan fingerprint density at radius 2 is 1.44 bits per heavy atom. The Morgan fingerprint density at radius 1 is 0.861 bits per heavy atom. The number of fused-ring (bicyclic) bond motifs is 1. The summed E-state index contributed by atoms with van der Waals surface area (Å²) in [5, 5.41) is 4.34. The second-order valence-electron chi connectivity index (χ2n) is 8.32. The van der Waals surface area contributed by atoms with Gasteiger partial charge in [0, 0.05) is 11.5 Å². The molecular weight excluding hydrogens is 520 g/mol. The molecule has 2 aromatic heterocycles. The van der Waals surface area contributed by atoms with Crippen molar-refractivity contribution in [2.75, 3.05) is 5.43 Å². The van der Waals surface area contributed by atoms with E-state index in [1.54, 1.807) is 17.8 Å². The maximum Gasteiger partial charge on any atom is 0.332 e. The molecule has 5 rings (SSSR count). The third kappa shape index (κ3) is 4.78. The number of imidazole rings is 1. The minimum atomic E-state index is -0.425. The third-order valence-corrected chi connectivity index (χ3v) is 6.38. The first-order valence-electron chi connectivity index (χ1n) is 11.3. The molecule has 2 heterocycles. The van der Waals surface area contributed by atoms with Gasteiger partial charge in [-0.3, -0.25) is 18.5 Å². The van der Waals surface area contributed by atoms with Crippen LogP contribution < -0.4 is 16.7 Å². The Kier molecular flexibility index (Phi) is 6.64. The van der Waals surface area contributed by atoms with E-state index in [2.05, 4.69) is 31.4 Å². The smallest absolute Gasteiger partial charge is 0.298 e. The predicted molar refractivity (Wildman–Crippen MR) is 146 cm³/mol. The van der Waals surface area contributed by atoms with Gasteiger partial charge in [0.05, 0.1) is 19.3 Å². The molecule has 0 spiro atoms. The summed E-state index contributed by atoms with van der Waals surface area (Å²) < 4.78 is 5.40. The molecule has 0 fully saturated rings. The molecule has 8 nitrogen and oxygen atoms in total. The van der Waals surface area contributed by atoms with E-state index >= 15 is 0 Å². The molecule has 5 aromatic rings. The number of aromatic nitrogens is 4. The minimum absolute atomic E-state index is 0.170. The van der Waals surface area contributed by atoms with Gasteiger partial charge in [0.2, 0.25) is 5.95 Å². The van der Waals surface area contributed by atoms with Crippen molar-refractivity contribution in [2.45, 2.75) is 13.1 Å². The summed E-state index contributed by atoms with van der Waals surface area (Å²) in [7, 11) is 1.63. The number of hydrazone groups is 1. The number of nitrogens with one attached hydrogen (secondary N) is 1. The van der Waals surface area contributed by atoms with Crippen molar-refractivity contribution >= 4 is 39.3 Å². The van der Waals surface area contributed by atoms with Crippen molar-refractivity contribution < 1.29 is 0 Å². The average Bonchev–Trinajstić information content (AvgIpc) is 3.26. The Bertz CT molecular complexity index is 1650. The van der Waals surface area contributed by atoms with Gasteiger partial charge in [-0.25, -0.2) is 10.2 Å². The van der Waals surface area contributed by atoms with Gasteiger partial charge in [0.25, 0.3) is 5.56 Å². The van der Waals surface area contributed by atoms with Crippen LogP contribution in [0.5, 0.6) is 0 Å². The van der Waals surface area contributed by atoms with Crippen LogP contribution in [0, 0.1) is 0 Å². The molecule has 180 valence electrons. The van der Waals surface area contributed by atoms with Gasteiger partial charge in [-0.15, -0.1) is 0 Å². The summed E-state index contributed by atoms with van der Waals surface area (Å²) >= 11 is 3.42. The summed E-state index contributed by atoms with van der Waals surface area (Å²) in [5.74, 6) is 0.367. The molecule has 0 aliphatic rings. The summed E-state index contributed by atoms with van der Waals surface area (Å²) in [6, 6.07) is 26.9. The average molecular weight is 543 g/mol. The molecule has 36 heavy (non-hydrogen) atoms. The topological polar surface area (TPSA) is 86.2 Å². The van der Waals surface area contributed by atoms with Gasteiger partial charge in [-0.1, -0.05) is 88.7 Å². The van der Waals surface area contributed by atoms with Crippen molar-refractivity contribution in [3.8, 4) is 0 Å². The molecule has 0 atom stereocenters. The molecule has 0 saturated heterocycles. The lowest BCUT2D eigenvalue weighted by Gasteiger charge is -2.11. The minimum Gasteiger partial charge on any atom is -0.298 e. The van der Waals surface area contributed by atoms with E-state index in [9.17, 15) is 9.59 Å². The summed E-state index contributed by atoms with van der Waals surface area (Å²) in [6.07, 6.45) is 1.67. The molecule has 3 aromatic carbocycles. The maximum atomic E-state index is 13.7. The molecule has 0 saturated carbocycles. The molecule has 0 radical (unpaired) electrons. The lowest BCUT2D eigenvalue weighted by molar-refractivity contribution is 0.653. The van der Waals surface area contributed by atoms with Gasteiger partial charge in [0.15, 0.2) is 11.2 Å². The van der Waals surface area contributed by atoms with E-state index in [1.165, 1.54) is 9.13 Å². The number of aryl methyl sites for hydroxylation is 1. The Hall–Kier alpha value is -4.24. The highest BCUT2D eigenvalue weighted by Crippen LogP contribution is 2.18. The lowest BCUT2D eigenvalue weighted by Crippen LogP contribution is -2.40. The van der Waals surface area contributed by atoms with Crippen LogP contribution in [0.15, 0.2) is 104 Å². The first kappa shape index (κ1) is 23.5. The second kappa shape index (κ2) is 10.2. The quantitative estimate of drug-likeness (QED) is 0.246. The number of rotatable bonds is 7. The van der Waals surface area contributed by atoms with E-state index in [0.29, 0.717) is 23.7 Å². The fraction of sp³-hybridized carbons (Fsp3) is 0.111. The number of hydrogen-bond donors (Lipinski definition) is 1. The molecule has 0 aliphatic carbocycles. The Labute approximate surface area is 215 Å². The first-order chi connectivity index (χ1) is 17.5. The van der Waals surface area contributed by atoms with Crippen molar-refractivity contribution in [3.63, 3.8) is 0 Å². The monoisotopic (exact) mass is 542 g/mol. The van der Waals surface area contributed by atoms with E-state index in [1.807, 2.05) is 84.9 Å². The van der Waals surface area contributed by atoms with Gasteiger partial charge in [-0.05, 0) is 28.8 Å². The molecular formula is C27H23BrN6O2. The van der Waals surface area contributed by atoms with Crippen LogP contribution in [-0.2, 0) is 20.1 Å². The number of hydrogen-bond acceptors (Lipinski definition) is 5. The van der Waals surface area contributed by atoms with Crippen LogP contribution in [0.3, 0.4) is 0 Å². The summed E-state index contributed by atoms with van der Waals surface area (Å²) in [6.45, 7) is 0.551. The first-order valence-corrected chi connectivity index (χ1v) is 12.1. The zero-order valence-corrected chi connectivity index (χ0v) is 21.1. The predicted octanol–water partition coefficient (Wildman–Crippen LogP) is 4.20. The van der Waals surface area contributed by atoms with E-state index in [-0.39, 0.29) is 6.54 Å². The highest BCUT2D eigenvalue weighted by molar-refractivity contribution is 9.10. The maximum absolute atomic E-state index is 13.7. The van der Waals surface area contributed by atoms with Crippen LogP contribution in [0.2, 0.25) is 0 Å². The van der Waals surface area contributed by atoms with Gasteiger partial charge >= 0.3 is 5.69 Å². The Balaban J connectivity index is 1.62. The fourth-order valence-electron chi connectivity index (χ4n) is 4.00. The zero-order valence-electron chi connectivity index (χ0n) is 19.5. The zero-order chi connectivity index (χ0) is 25.1. The van der Waals surface area contributed by atoms with Gasteiger partial charge in [0.1, 0.15) is 0 Å². The van der Waals surface area contributed by atoms with E-state index in [0.717, 1.165) is 21.2 Å². The lowest BCUT2D eigenvalue weighted by atomic mass is 10.2. The fourth-order valence-corrected chi connectivity index (χ4v) is 4.26. The van der Waals surface area contributed by atoms with Crippen LogP contribution in [-0.4, -0.2) is 24.9 Å². The molecule has 0 bridgehead atoms. The van der Waals surface area contributed by atoms with E-state index < -0.39 is 11.2 Å². The van der Waals surface area contributed by atoms with Gasteiger partial charge < -0.3 is 0 Å². The number of nitrogens with zero attached hydrogens (tertiary/aromatic N) is 5. The normalized spacial score (nSPS) is 11.4. The number of benzene rings is 3. The van der Waals surface area contributed by atoms with Crippen LogP contribution in [0.25, 0.3) is 11.2 Å². The van der Waals surface area contributed by atoms with Crippen molar-refractivity contribution in [3.05, 3.63) is 127 Å². The highest BCUT2D eigenvalue weighted by atomic mass is 79.9. The Morgan fingerprint density at radius 3 is 2.06 bits per heavy atom. The number of anilines is 1. The highest BCUT2D eigenvalue weighted by Gasteiger charge is 2.20. The molecule has 0 unspecified atom stereocenters. The SMILES string of the molecule is Cn1c(=O)n(Cc2ccccc2)c(=O)c2c1nc(N/N=C/c1ccc(Br)cc1)n2Cc1ccccc1. The van der Waals surface area contributed by atoms with E-state index in [4.69, 9.17) is 0 Å². The van der Waals surface area contributed by atoms with Gasteiger partial charge in [-0.2, -0.15) is 10.1 Å².